The molecule has 0 bridgehead atoms. The molecule has 1 amide bonds. The van der Waals surface area contributed by atoms with Crippen molar-refractivity contribution < 1.29 is 47.5 Å². The molecule has 14 heteroatoms. The molecule has 0 aliphatic heterocycles. The van der Waals surface area contributed by atoms with Crippen molar-refractivity contribution >= 4 is 12.1 Å². The molecule has 0 aliphatic carbocycles. The van der Waals surface area contributed by atoms with Gasteiger partial charge in [0.25, 0.3) is 0 Å². The Hall–Kier alpha value is -2.28. The molecular weight excluding hydrogens is 417 g/mol. The van der Waals surface area contributed by atoms with Gasteiger partial charge in [-0.25, -0.2) is 9.59 Å². The van der Waals surface area contributed by atoms with E-state index in [-0.39, 0.29) is 25.4 Å². The Morgan fingerprint density at radius 2 is 1.70 bits per heavy atom. The zero-order valence-electron chi connectivity index (χ0n) is 17.4. The number of carbonyl (C=O) groups is 2. The lowest BCUT2D eigenvalue weighted by Gasteiger charge is -2.25. The molecule has 0 aromatic carbocycles. The maximum Gasteiger partial charge on any atom is 0.408 e. The monoisotopic (exact) mass is 444 g/mol. The highest BCUT2D eigenvalue weighted by Gasteiger charge is 2.41. The molecule has 174 valence electrons. The smallest absolute Gasteiger partial charge is 0.408 e. The van der Waals surface area contributed by atoms with Crippen LogP contribution in [0.5, 0.6) is 0 Å². The van der Waals surface area contributed by atoms with Crippen molar-refractivity contribution in [3.8, 4) is 0 Å². The van der Waals surface area contributed by atoms with E-state index in [0.717, 1.165) is 0 Å². The van der Waals surface area contributed by atoms with Gasteiger partial charge in [0.1, 0.15) is 11.6 Å². The maximum absolute atomic E-state index is 12.3. The number of ether oxygens (including phenoxy) is 2. The van der Waals surface area contributed by atoms with Gasteiger partial charge in [0.05, 0.1) is 6.61 Å². The first kappa shape index (κ1) is 27.7. The number of hydrogen-bond donors (Lipinski definition) is 1. The van der Waals surface area contributed by atoms with Crippen molar-refractivity contribution in [2.45, 2.75) is 77.5 Å². The molecule has 0 heterocycles. The van der Waals surface area contributed by atoms with Gasteiger partial charge in [0, 0.05) is 17.4 Å². The van der Waals surface area contributed by atoms with Crippen LogP contribution < -0.4 is 5.32 Å². The highest BCUT2D eigenvalue weighted by Crippen LogP contribution is 2.27. The van der Waals surface area contributed by atoms with E-state index in [2.05, 4.69) is 30.2 Å². The van der Waals surface area contributed by atoms with Crippen LogP contribution in [0.4, 0.5) is 18.4 Å². The normalized spacial score (nSPS) is 13.9. The first-order valence-corrected chi connectivity index (χ1v) is 9.03. The highest BCUT2D eigenvalue weighted by atomic mass is 19.3. The van der Waals surface area contributed by atoms with Gasteiger partial charge in [0.15, 0.2) is 0 Å². The minimum atomic E-state index is -3.32. The minimum Gasteiger partial charge on any atom is -0.464 e. The van der Waals surface area contributed by atoms with Gasteiger partial charge >= 0.3 is 18.0 Å². The number of halogens is 3. The zero-order chi connectivity index (χ0) is 23.4. The summed E-state index contributed by atoms with van der Waals surface area (Å²) in [5.74, 6) is -4.38. The molecule has 0 saturated heterocycles. The lowest BCUT2D eigenvalue weighted by Crippen LogP contribution is -2.47. The second-order valence-electron chi connectivity index (χ2n) is 7.65. The van der Waals surface area contributed by atoms with Crippen LogP contribution in [0.2, 0.25) is 0 Å². The van der Waals surface area contributed by atoms with Gasteiger partial charge in [-0.2, -0.15) is 0 Å². The predicted molar refractivity (Wildman–Crippen MR) is 95.0 cm³/mol. The van der Waals surface area contributed by atoms with Crippen molar-refractivity contribution in [1.82, 2.24) is 5.32 Å². The standard InChI is InChI=1S/C16H27F3N4O7/c1-10(2)12(21-14(25)27-15(3,4)5)13(24)26-8-6-7-11(22-23-20)9-16(28-17,29-18)30-19/h10-12H,6-9H2,1-5H3,(H,21,25). The molecule has 0 saturated carbocycles. The van der Waals surface area contributed by atoms with Crippen LogP contribution in [0.3, 0.4) is 0 Å². The Morgan fingerprint density at radius 1 is 1.13 bits per heavy atom. The van der Waals surface area contributed by atoms with Crippen molar-refractivity contribution in [2.24, 2.45) is 11.0 Å². The first-order chi connectivity index (χ1) is 13.9. The summed E-state index contributed by atoms with van der Waals surface area (Å²) in [5, 5.41) is 5.65. The van der Waals surface area contributed by atoms with Crippen LogP contribution in [0.15, 0.2) is 5.11 Å². The lowest BCUT2D eigenvalue weighted by atomic mass is 10.0. The molecule has 0 aliphatic rings. The third-order valence-corrected chi connectivity index (χ3v) is 3.57. The summed E-state index contributed by atoms with van der Waals surface area (Å²) in [6.07, 6.45) is -1.76. The third-order valence-electron chi connectivity index (χ3n) is 3.57. The minimum absolute atomic E-state index is 0.0631. The summed E-state index contributed by atoms with van der Waals surface area (Å²) in [5.41, 5.74) is 7.76. The van der Waals surface area contributed by atoms with Crippen molar-refractivity contribution in [3.63, 3.8) is 0 Å². The second-order valence-corrected chi connectivity index (χ2v) is 7.65. The van der Waals surface area contributed by atoms with Gasteiger partial charge in [0.2, 0.25) is 0 Å². The highest BCUT2D eigenvalue weighted by molar-refractivity contribution is 5.81. The van der Waals surface area contributed by atoms with E-state index in [1.807, 2.05) is 0 Å². The topological polar surface area (TPSA) is 141 Å². The molecule has 1 N–H and O–H groups in total. The maximum atomic E-state index is 12.3. The number of hydrogen-bond acceptors (Lipinski definition) is 8. The van der Waals surface area contributed by atoms with E-state index < -0.39 is 42.1 Å². The molecule has 0 aromatic rings. The molecule has 11 nitrogen and oxygen atoms in total. The number of amides is 1. The van der Waals surface area contributed by atoms with Crippen molar-refractivity contribution in [2.75, 3.05) is 6.61 Å². The SMILES string of the molecule is CC(C)C(NC(=O)OC(C)(C)C)C(=O)OCCCC(CC(OF)(OF)OF)N=[N+]=[N-]. The second kappa shape index (κ2) is 13.1. The number of rotatable bonds is 13. The molecule has 0 spiro atoms. The van der Waals surface area contributed by atoms with Gasteiger partial charge in [-0.15, -0.1) is 14.8 Å². The number of azide groups is 1. The molecule has 0 fully saturated rings. The molecular formula is C16H27F3N4O7. The van der Waals surface area contributed by atoms with Crippen LogP contribution in [0.25, 0.3) is 10.4 Å². The van der Waals surface area contributed by atoms with Crippen LogP contribution in [-0.2, 0) is 29.1 Å². The zero-order valence-corrected chi connectivity index (χ0v) is 17.4. The number of carbonyl (C=O) groups excluding carboxylic acids is 2. The summed E-state index contributed by atoms with van der Waals surface area (Å²) in [4.78, 5) is 35.5. The Morgan fingerprint density at radius 3 is 2.13 bits per heavy atom. The Balaban J connectivity index is 4.72. The third kappa shape index (κ3) is 10.5. The van der Waals surface area contributed by atoms with Crippen LogP contribution >= 0.6 is 0 Å². The molecule has 30 heavy (non-hydrogen) atoms. The fourth-order valence-corrected chi connectivity index (χ4v) is 2.21. The molecule has 0 aromatic heterocycles. The van der Waals surface area contributed by atoms with E-state index in [4.69, 9.17) is 15.0 Å². The van der Waals surface area contributed by atoms with Gasteiger partial charge in [-0.3, -0.25) is 0 Å². The molecule has 2 atom stereocenters. The number of esters is 1. The summed E-state index contributed by atoms with van der Waals surface area (Å²) in [6, 6.07) is -2.20. The average molecular weight is 444 g/mol. The predicted octanol–water partition coefficient (Wildman–Crippen LogP) is 4.29. The average Bonchev–Trinajstić information content (AvgIpc) is 2.65. The number of nitrogens with one attached hydrogen (secondary N) is 1. The first-order valence-electron chi connectivity index (χ1n) is 9.03. The van der Waals surface area contributed by atoms with Crippen LogP contribution in [0, 0.1) is 5.92 Å². The van der Waals surface area contributed by atoms with E-state index in [1.54, 1.807) is 34.6 Å². The van der Waals surface area contributed by atoms with Crippen molar-refractivity contribution in [3.05, 3.63) is 10.4 Å². The van der Waals surface area contributed by atoms with E-state index in [0.29, 0.717) is 0 Å². The molecule has 0 rings (SSSR count). The van der Waals surface area contributed by atoms with E-state index >= 15 is 0 Å². The molecule has 0 radical (unpaired) electrons. The fourth-order valence-electron chi connectivity index (χ4n) is 2.21. The van der Waals surface area contributed by atoms with Crippen molar-refractivity contribution in [1.29, 1.82) is 0 Å². The summed E-state index contributed by atoms with van der Waals surface area (Å²) in [7, 11) is 0. The quantitative estimate of drug-likeness (QED) is 0.112. The van der Waals surface area contributed by atoms with E-state index in [1.165, 1.54) is 0 Å². The fraction of sp³-hybridized carbons (Fsp3) is 0.875. The van der Waals surface area contributed by atoms with Gasteiger partial charge in [-0.1, -0.05) is 19.0 Å². The summed E-state index contributed by atoms with van der Waals surface area (Å²) < 4.78 is 47.1. The Bertz CT molecular complexity index is 586. The van der Waals surface area contributed by atoms with E-state index in [9.17, 15) is 23.2 Å². The van der Waals surface area contributed by atoms with Crippen LogP contribution in [0.1, 0.15) is 53.9 Å². The Labute approximate surface area is 171 Å². The van der Waals surface area contributed by atoms with Gasteiger partial charge < -0.3 is 14.8 Å². The summed E-state index contributed by atoms with van der Waals surface area (Å²) in [6.45, 7) is 8.18. The number of alkyl carbamates (subject to hydrolysis) is 1. The summed E-state index contributed by atoms with van der Waals surface area (Å²) >= 11 is 0. The lowest BCUT2D eigenvalue weighted by molar-refractivity contribution is -0.549. The Kier molecular flexibility index (Phi) is 12.1. The number of nitrogens with zero attached hydrogens (tertiary/aromatic N) is 3. The van der Waals surface area contributed by atoms with Crippen LogP contribution in [-0.4, -0.2) is 42.3 Å². The van der Waals surface area contributed by atoms with Gasteiger partial charge in [-0.05, 0) is 58.6 Å². The molecule has 2 unspecified atom stereocenters. The largest absolute Gasteiger partial charge is 0.464 e.